The maximum Gasteiger partial charge on any atom is 0.161 e. The van der Waals surface area contributed by atoms with Gasteiger partial charge in [0.15, 0.2) is 11.5 Å². The Bertz CT molecular complexity index is 737. The van der Waals surface area contributed by atoms with Crippen LogP contribution in [0.25, 0.3) is 11.3 Å². The third kappa shape index (κ3) is 2.65. The van der Waals surface area contributed by atoms with Gasteiger partial charge in [-0.25, -0.2) is 4.98 Å². The summed E-state index contributed by atoms with van der Waals surface area (Å²) in [5.74, 6) is 3.16. The lowest BCUT2D eigenvalue weighted by Gasteiger charge is -2.10. The summed E-state index contributed by atoms with van der Waals surface area (Å²) in [6.07, 6.45) is 3.30. The van der Waals surface area contributed by atoms with Crippen molar-refractivity contribution in [1.29, 1.82) is 0 Å². The molecule has 108 valence electrons. The summed E-state index contributed by atoms with van der Waals surface area (Å²) in [4.78, 5) is 7.84. The van der Waals surface area contributed by atoms with E-state index in [1.54, 1.807) is 0 Å². The van der Waals surface area contributed by atoms with Gasteiger partial charge in [0.1, 0.15) is 10.5 Å². The molecule has 1 aliphatic carbocycles. The fourth-order valence-electron chi connectivity index (χ4n) is 2.51. The van der Waals surface area contributed by atoms with Gasteiger partial charge in [-0.15, -0.1) is 0 Å². The Balaban J connectivity index is 1.76. The summed E-state index contributed by atoms with van der Waals surface area (Å²) in [6, 6.07) is 7.91. The molecule has 2 aliphatic rings. The number of aromatic amines is 1. The molecule has 1 N–H and O–H groups in total. The smallest absolute Gasteiger partial charge is 0.161 e. The minimum Gasteiger partial charge on any atom is -0.490 e. The van der Waals surface area contributed by atoms with E-state index in [4.69, 9.17) is 21.7 Å². The van der Waals surface area contributed by atoms with Crippen molar-refractivity contribution in [2.45, 2.75) is 25.2 Å². The SMILES string of the molecule is S=c1cc(-c2ccc3c(c2)OCCCO3)[nH]c(C2CC2)n1. The highest BCUT2D eigenvalue weighted by Crippen LogP contribution is 2.39. The molecule has 4 rings (SSSR count). The zero-order valence-corrected chi connectivity index (χ0v) is 12.4. The molecule has 0 atom stereocenters. The number of H-pyrrole nitrogens is 1. The van der Waals surface area contributed by atoms with Gasteiger partial charge < -0.3 is 14.5 Å². The highest BCUT2D eigenvalue weighted by Gasteiger charge is 2.26. The Hall–Kier alpha value is -1.88. The molecule has 0 unspecified atom stereocenters. The lowest BCUT2D eigenvalue weighted by molar-refractivity contribution is 0.297. The summed E-state index contributed by atoms with van der Waals surface area (Å²) in [7, 11) is 0. The minimum absolute atomic E-state index is 0.548. The number of nitrogens with zero attached hydrogens (tertiary/aromatic N) is 1. The van der Waals surface area contributed by atoms with Crippen LogP contribution in [0, 0.1) is 4.64 Å². The van der Waals surface area contributed by atoms with Gasteiger partial charge in [-0.1, -0.05) is 12.2 Å². The van der Waals surface area contributed by atoms with Crippen molar-refractivity contribution in [3.63, 3.8) is 0 Å². The maximum absolute atomic E-state index is 5.75. The monoisotopic (exact) mass is 300 g/mol. The first-order chi connectivity index (χ1) is 10.3. The number of hydrogen-bond donors (Lipinski definition) is 1. The van der Waals surface area contributed by atoms with Gasteiger partial charge in [0.05, 0.1) is 13.2 Å². The number of hydrogen-bond acceptors (Lipinski definition) is 4. The predicted octanol–water partition coefficient (Wildman–Crippen LogP) is 3.84. The fraction of sp³-hybridized carbons (Fsp3) is 0.375. The first-order valence-corrected chi connectivity index (χ1v) is 7.72. The first kappa shape index (κ1) is 12.8. The van der Waals surface area contributed by atoms with Crippen molar-refractivity contribution in [1.82, 2.24) is 9.97 Å². The topological polar surface area (TPSA) is 47.1 Å². The van der Waals surface area contributed by atoms with Crippen molar-refractivity contribution < 1.29 is 9.47 Å². The molecule has 2 heterocycles. The van der Waals surface area contributed by atoms with Crippen molar-refractivity contribution in [2.24, 2.45) is 0 Å². The number of fused-ring (bicyclic) bond motifs is 1. The summed E-state index contributed by atoms with van der Waals surface area (Å²) in [5, 5.41) is 0. The highest BCUT2D eigenvalue weighted by molar-refractivity contribution is 7.71. The van der Waals surface area contributed by atoms with E-state index in [9.17, 15) is 0 Å². The first-order valence-electron chi connectivity index (χ1n) is 7.31. The lowest BCUT2D eigenvalue weighted by atomic mass is 10.1. The molecule has 2 aromatic rings. The van der Waals surface area contributed by atoms with Gasteiger partial charge in [-0.3, -0.25) is 0 Å². The second kappa shape index (κ2) is 5.15. The van der Waals surface area contributed by atoms with E-state index in [0.717, 1.165) is 35.0 Å². The number of nitrogens with one attached hydrogen (secondary N) is 1. The Morgan fingerprint density at radius 3 is 2.71 bits per heavy atom. The van der Waals surface area contributed by atoms with Crippen molar-refractivity contribution in [3.05, 3.63) is 34.7 Å². The molecule has 1 aromatic heterocycles. The van der Waals surface area contributed by atoms with Gasteiger partial charge in [0, 0.05) is 23.6 Å². The maximum atomic E-state index is 5.75. The molecule has 0 spiro atoms. The summed E-state index contributed by atoms with van der Waals surface area (Å²) in [5.41, 5.74) is 2.04. The second-order valence-electron chi connectivity index (χ2n) is 5.50. The van der Waals surface area contributed by atoms with Gasteiger partial charge in [0.25, 0.3) is 0 Å². The molecule has 0 saturated heterocycles. The molecular weight excluding hydrogens is 284 g/mol. The van der Waals surface area contributed by atoms with E-state index >= 15 is 0 Å². The fourth-order valence-corrected chi connectivity index (χ4v) is 2.73. The molecule has 1 aromatic carbocycles. The van der Waals surface area contributed by atoms with E-state index < -0.39 is 0 Å². The van der Waals surface area contributed by atoms with Crippen LogP contribution in [0.15, 0.2) is 24.3 Å². The average Bonchev–Trinajstić information content (AvgIpc) is 3.32. The van der Waals surface area contributed by atoms with Crippen LogP contribution in [0.3, 0.4) is 0 Å². The molecule has 1 saturated carbocycles. The lowest BCUT2D eigenvalue weighted by Crippen LogP contribution is -1.97. The number of rotatable bonds is 2. The third-order valence-electron chi connectivity index (χ3n) is 3.78. The van der Waals surface area contributed by atoms with E-state index in [1.807, 2.05) is 24.3 Å². The zero-order chi connectivity index (χ0) is 14.2. The minimum atomic E-state index is 0.548. The molecule has 5 heteroatoms. The summed E-state index contributed by atoms with van der Waals surface area (Å²) in [6.45, 7) is 1.39. The Morgan fingerprint density at radius 1 is 1.10 bits per heavy atom. The quantitative estimate of drug-likeness (QED) is 0.856. The second-order valence-corrected chi connectivity index (χ2v) is 5.92. The van der Waals surface area contributed by atoms with Crippen LogP contribution in [-0.2, 0) is 0 Å². The molecule has 21 heavy (non-hydrogen) atoms. The molecule has 0 bridgehead atoms. The van der Waals surface area contributed by atoms with Crippen LogP contribution in [0.5, 0.6) is 11.5 Å². The van der Waals surface area contributed by atoms with Crippen LogP contribution in [-0.4, -0.2) is 23.2 Å². The van der Waals surface area contributed by atoms with Crippen molar-refractivity contribution >= 4 is 12.2 Å². The Kier molecular flexibility index (Phi) is 3.15. The summed E-state index contributed by atoms with van der Waals surface area (Å²) >= 11 is 5.29. The van der Waals surface area contributed by atoms with Crippen molar-refractivity contribution in [3.8, 4) is 22.8 Å². The number of benzene rings is 1. The Morgan fingerprint density at radius 2 is 1.90 bits per heavy atom. The third-order valence-corrected chi connectivity index (χ3v) is 3.99. The summed E-state index contributed by atoms with van der Waals surface area (Å²) < 4.78 is 12.1. The molecule has 1 fully saturated rings. The van der Waals surface area contributed by atoms with E-state index in [1.165, 1.54) is 12.8 Å². The van der Waals surface area contributed by atoms with Gasteiger partial charge in [0.2, 0.25) is 0 Å². The van der Waals surface area contributed by atoms with Crippen LogP contribution in [0.1, 0.15) is 31.0 Å². The van der Waals surface area contributed by atoms with Crippen LogP contribution < -0.4 is 9.47 Å². The van der Waals surface area contributed by atoms with Gasteiger partial charge >= 0.3 is 0 Å². The van der Waals surface area contributed by atoms with Gasteiger partial charge in [-0.2, -0.15) is 0 Å². The van der Waals surface area contributed by atoms with Crippen LogP contribution >= 0.6 is 12.2 Å². The normalized spacial score (nSPS) is 17.3. The average molecular weight is 300 g/mol. The van der Waals surface area contributed by atoms with Gasteiger partial charge in [-0.05, 0) is 37.1 Å². The van der Waals surface area contributed by atoms with E-state index in [2.05, 4.69) is 9.97 Å². The van der Waals surface area contributed by atoms with E-state index in [0.29, 0.717) is 23.8 Å². The molecule has 0 radical (unpaired) electrons. The van der Waals surface area contributed by atoms with Crippen LogP contribution in [0.2, 0.25) is 0 Å². The number of aromatic nitrogens is 2. The largest absolute Gasteiger partial charge is 0.490 e. The standard InChI is InChI=1S/C16H16N2O2S/c21-15-9-12(17-16(18-15)10-2-3-10)11-4-5-13-14(8-11)20-7-1-6-19-13/h4-5,8-10H,1-3,6-7H2,(H,17,18,21). The van der Waals surface area contributed by atoms with Crippen LogP contribution in [0.4, 0.5) is 0 Å². The van der Waals surface area contributed by atoms with Crippen molar-refractivity contribution in [2.75, 3.05) is 13.2 Å². The number of ether oxygens (including phenoxy) is 2. The Labute approximate surface area is 128 Å². The molecule has 0 amide bonds. The highest BCUT2D eigenvalue weighted by atomic mass is 32.1. The molecule has 4 nitrogen and oxygen atoms in total. The van der Waals surface area contributed by atoms with E-state index in [-0.39, 0.29) is 0 Å². The zero-order valence-electron chi connectivity index (χ0n) is 11.6. The predicted molar refractivity (Wildman–Crippen MR) is 82.4 cm³/mol. The molecule has 1 aliphatic heterocycles. The molecular formula is C16H16N2O2S.